The van der Waals surface area contributed by atoms with E-state index in [9.17, 15) is 0 Å². The fraction of sp³-hybridized carbons (Fsp3) is 0.833. The molecule has 0 radical (unpaired) electrons. The lowest BCUT2D eigenvalue weighted by Gasteiger charge is -2.32. The number of aromatic nitrogens is 2. The molecule has 1 fully saturated rings. The second-order valence-electron chi connectivity index (χ2n) is 4.41. The van der Waals surface area contributed by atoms with E-state index in [2.05, 4.69) is 15.5 Å². The number of nitrogens with one attached hydrogen (secondary N) is 1. The van der Waals surface area contributed by atoms with E-state index in [0.717, 1.165) is 25.9 Å². The summed E-state index contributed by atoms with van der Waals surface area (Å²) in [6, 6.07) is 0. The lowest BCUT2D eigenvalue weighted by Crippen LogP contribution is -2.41. The molecule has 0 spiro atoms. The Labute approximate surface area is 107 Å². The van der Waals surface area contributed by atoms with Gasteiger partial charge in [-0.3, -0.25) is 0 Å². The molecule has 0 bridgehead atoms. The largest absolute Gasteiger partial charge is 0.381 e. The maximum Gasteiger partial charge on any atom is 0.258 e. The Balaban J connectivity index is 2.02. The zero-order valence-corrected chi connectivity index (χ0v) is 11.1. The average molecular weight is 255 g/mol. The van der Waals surface area contributed by atoms with Crippen LogP contribution in [0.2, 0.25) is 0 Å². The molecule has 1 aromatic heterocycles. The summed E-state index contributed by atoms with van der Waals surface area (Å²) in [7, 11) is 1.70. The summed E-state index contributed by atoms with van der Waals surface area (Å²) < 4.78 is 16.3. The Morgan fingerprint density at radius 1 is 1.39 bits per heavy atom. The molecule has 1 saturated heterocycles. The molecule has 2 rings (SSSR count). The minimum Gasteiger partial charge on any atom is -0.381 e. The standard InChI is InChI=1S/C12H21N3O3/c1-3-17-9-4-10-14-11(18-15-10)12(16-2)5-7-13-8-6-12/h13H,3-9H2,1-2H3. The highest BCUT2D eigenvalue weighted by Crippen LogP contribution is 2.32. The van der Waals surface area contributed by atoms with Crippen molar-refractivity contribution < 1.29 is 14.0 Å². The normalized spacial score (nSPS) is 19.0. The van der Waals surface area contributed by atoms with Crippen molar-refractivity contribution in [3.8, 4) is 0 Å². The number of hydrogen-bond donors (Lipinski definition) is 1. The lowest BCUT2D eigenvalue weighted by molar-refractivity contribution is -0.0622. The van der Waals surface area contributed by atoms with Gasteiger partial charge in [-0.15, -0.1) is 0 Å². The third-order valence-electron chi connectivity index (χ3n) is 3.33. The molecular weight excluding hydrogens is 234 g/mol. The third-order valence-corrected chi connectivity index (χ3v) is 3.33. The quantitative estimate of drug-likeness (QED) is 0.761. The van der Waals surface area contributed by atoms with Gasteiger partial charge in [0.25, 0.3) is 5.89 Å². The molecule has 1 aliphatic rings. The molecule has 0 unspecified atom stereocenters. The Morgan fingerprint density at radius 2 is 2.17 bits per heavy atom. The van der Waals surface area contributed by atoms with Crippen molar-refractivity contribution in [1.82, 2.24) is 15.5 Å². The maximum atomic E-state index is 5.64. The van der Waals surface area contributed by atoms with Gasteiger partial charge in [0.1, 0.15) is 5.60 Å². The molecule has 1 N–H and O–H groups in total. The summed E-state index contributed by atoms with van der Waals surface area (Å²) in [4.78, 5) is 4.44. The van der Waals surface area contributed by atoms with Gasteiger partial charge < -0.3 is 19.3 Å². The number of piperidine rings is 1. The van der Waals surface area contributed by atoms with E-state index in [1.807, 2.05) is 6.92 Å². The minimum absolute atomic E-state index is 0.415. The Morgan fingerprint density at radius 3 is 2.83 bits per heavy atom. The van der Waals surface area contributed by atoms with Crippen molar-refractivity contribution in [3.63, 3.8) is 0 Å². The molecule has 102 valence electrons. The van der Waals surface area contributed by atoms with Gasteiger partial charge in [-0.1, -0.05) is 5.16 Å². The van der Waals surface area contributed by atoms with Crippen molar-refractivity contribution in [2.45, 2.75) is 31.8 Å². The van der Waals surface area contributed by atoms with Gasteiger partial charge in [0.2, 0.25) is 0 Å². The first kappa shape index (κ1) is 13.5. The first-order valence-electron chi connectivity index (χ1n) is 6.47. The molecule has 6 heteroatoms. The van der Waals surface area contributed by atoms with Crippen LogP contribution in [0.4, 0.5) is 0 Å². The SMILES string of the molecule is CCOCCc1noc(C2(OC)CCNCC2)n1. The molecule has 1 aliphatic heterocycles. The minimum atomic E-state index is -0.415. The second kappa shape index (κ2) is 6.26. The van der Waals surface area contributed by atoms with Crippen LogP contribution in [0.15, 0.2) is 4.52 Å². The predicted octanol–water partition coefficient (Wildman–Crippen LogP) is 0.874. The number of methoxy groups -OCH3 is 1. The summed E-state index contributed by atoms with van der Waals surface area (Å²) in [5.74, 6) is 1.28. The molecule has 1 aromatic rings. The molecule has 0 atom stereocenters. The predicted molar refractivity (Wildman–Crippen MR) is 65.3 cm³/mol. The highest BCUT2D eigenvalue weighted by molar-refractivity contribution is 5.02. The summed E-state index contributed by atoms with van der Waals surface area (Å²) in [6.45, 7) is 5.11. The highest BCUT2D eigenvalue weighted by Gasteiger charge is 2.39. The fourth-order valence-electron chi connectivity index (χ4n) is 2.18. The van der Waals surface area contributed by atoms with E-state index in [-0.39, 0.29) is 0 Å². The molecule has 2 heterocycles. The smallest absolute Gasteiger partial charge is 0.258 e. The Bertz CT molecular complexity index is 361. The van der Waals surface area contributed by atoms with Crippen LogP contribution in [0.1, 0.15) is 31.5 Å². The summed E-state index contributed by atoms with van der Waals surface area (Å²) in [5.41, 5.74) is -0.415. The van der Waals surface area contributed by atoms with Gasteiger partial charge in [-0.25, -0.2) is 0 Å². The molecule has 0 saturated carbocycles. The summed E-state index contributed by atoms with van der Waals surface area (Å²) >= 11 is 0. The lowest BCUT2D eigenvalue weighted by atomic mass is 9.92. The molecule has 6 nitrogen and oxygen atoms in total. The zero-order chi connectivity index (χ0) is 12.8. The van der Waals surface area contributed by atoms with Gasteiger partial charge in [0, 0.05) is 20.1 Å². The van der Waals surface area contributed by atoms with Gasteiger partial charge in [0.05, 0.1) is 6.61 Å². The zero-order valence-electron chi connectivity index (χ0n) is 11.1. The van der Waals surface area contributed by atoms with Crippen LogP contribution in [-0.2, 0) is 21.5 Å². The maximum absolute atomic E-state index is 5.64. The van der Waals surface area contributed by atoms with Gasteiger partial charge in [0.15, 0.2) is 5.82 Å². The van der Waals surface area contributed by atoms with E-state index >= 15 is 0 Å². The van der Waals surface area contributed by atoms with Crippen molar-refractivity contribution in [3.05, 3.63) is 11.7 Å². The molecule has 0 amide bonds. The second-order valence-corrected chi connectivity index (χ2v) is 4.41. The average Bonchev–Trinajstić information content (AvgIpc) is 2.89. The van der Waals surface area contributed by atoms with Gasteiger partial charge in [-0.05, 0) is 32.9 Å². The van der Waals surface area contributed by atoms with Crippen molar-refractivity contribution in [2.24, 2.45) is 0 Å². The Hall–Kier alpha value is -0.980. The molecule has 0 aliphatic carbocycles. The fourth-order valence-corrected chi connectivity index (χ4v) is 2.18. The van der Waals surface area contributed by atoms with Crippen LogP contribution in [0.25, 0.3) is 0 Å². The van der Waals surface area contributed by atoms with E-state index in [4.69, 9.17) is 14.0 Å². The Kier molecular flexibility index (Phi) is 4.68. The van der Waals surface area contributed by atoms with E-state index < -0.39 is 5.60 Å². The highest BCUT2D eigenvalue weighted by atomic mass is 16.5. The van der Waals surface area contributed by atoms with Gasteiger partial charge in [-0.2, -0.15) is 4.98 Å². The summed E-state index contributed by atoms with van der Waals surface area (Å²) in [6.07, 6.45) is 2.39. The number of ether oxygens (including phenoxy) is 2. The first-order valence-corrected chi connectivity index (χ1v) is 6.47. The van der Waals surface area contributed by atoms with E-state index in [1.54, 1.807) is 7.11 Å². The molecule has 18 heavy (non-hydrogen) atoms. The van der Waals surface area contributed by atoms with E-state index in [1.165, 1.54) is 0 Å². The van der Waals surface area contributed by atoms with E-state index in [0.29, 0.717) is 31.3 Å². The van der Waals surface area contributed by atoms with Gasteiger partial charge >= 0.3 is 0 Å². The first-order chi connectivity index (χ1) is 8.80. The number of nitrogens with zero attached hydrogens (tertiary/aromatic N) is 2. The van der Waals surface area contributed by atoms with Crippen molar-refractivity contribution >= 4 is 0 Å². The molecule has 0 aromatic carbocycles. The van der Waals surface area contributed by atoms with Crippen LogP contribution < -0.4 is 5.32 Å². The molecular formula is C12H21N3O3. The van der Waals surface area contributed by atoms with Crippen molar-refractivity contribution in [2.75, 3.05) is 33.4 Å². The third kappa shape index (κ3) is 2.88. The van der Waals surface area contributed by atoms with Crippen molar-refractivity contribution in [1.29, 1.82) is 0 Å². The van der Waals surface area contributed by atoms with Crippen LogP contribution >= 0.6 is 0 Å². The monoisotopic (exact) mass is 255 g/mol. The van der Waals surface area contributed by atoms with Crippen LogP contribution in [-0.4, -0.2) is 43.6 Å². The summed E-state index contributed by atoms with van der Waals surface area (Å²) in [5, 5.41) is 7.29. The topological polar surface area (TPSA) is 69.4 Å². The number of hydrogen-bond acceptors (Lipinski definition) is 6. The van der Waals surface area contributed by atoms with Crippen LogP contribution in [0.3, 0.4) is 0 Å². The van der Waals surface area contributed by atoms with Crippen LogP contribution in [0, 0.1) is 0 Å². The van der Waals surface area contributed by atoms with Crippen LogP contribution in [0.5, 0.6) is 0 Å². The number of rotatable bonds is 6.